The zero-order chi connectivity index (χ0) is 32.6. The van der Waals surface area contributed by atoms with Gasteiger partial charge in [-0.1, -0.05) is 13.8 Å². The van der Waals surface area contributed by atoms with Crippen molar-refractivity contribution in [3.05, 3.63) is 45.4 Å². The van der Waals surface area contributed by atoms with E-state index in [2.05, 4.69) is 25.7 Å². The number of aromatic hydroxyl groups is 1. The summed E-state index contributed by atoms with van der Waals surface area (Å²) in [6, 6.07) is 0.893. The molecule has 11 heteroatoms. The van der Waals surface area contributed by atoms with Gasteiger partial charge in [0.15, 0.2) is 11.4 Å². The van der Waals surface area contributed by atoms with Crippen LogP contribution in [-0.2, 0) is 22.6 Å². The van der Waals surface area contributed by atoms with E-state index in [0.717, 1.165) is 17.8 Å². The van der Waals surface area contributed by atoms with Crippen LogP contribution >= 0.6 is 0 Å². The van der Waals surface area contributed by atoms with E-state index in [9.17, 15) is 34.8 Å². The number of phenols is 1. The summed E-state index contributed by atoms with van der Waals surface area (Å²) in [5.41, 5.74) is 4.20. The molecule has 0 radical (unpaired) electrons. The van der Waals surface area contributed by atoms with Gasteiger partial charge in [-0.2, -0.15) is 0 Å². The van der Waals surface area contributed by atoms with Crippen LogP contribution < -0.4 is 10.6 Å². The largest absolute Gasteiger partial charge is 0.510 e. The van der Waals surface area contributed by atoms with Gasteiger partial charge < -0.3 is 31.1 Å². The molecule has 0 heterocycles. The van der Waals surface area contributed by atoms with Crippen LogP contribution in [0, 0.1) is 23.7 Å². The second kappa shape index (κ2) is 11.2. The number of hydrogen-bond donors (Lipinski definition) is 5. The Morgan fingerprint density at radius 3 is 2.25 bits per heavy atom. The van der Waals surface area contributed by atoms with Crippen molar-refractivity contribution in [3.63, 3.8) is 0 Å². The van der Waals surface area contributed by atoms with Crippen molar-refractivity contribution in [2.24, 2.45) is 29.4 Å². The average Bonchev–Trinajstić information content (AvgIpc) is 3.73. The van der Waals surface area contributed by atoms with Gasteiger partial charge in [0.1, 0.15) is 22.8 Å². The number of fused-ring (bicyclic) bond motifs is 3. The Bertz CT molecular complexity index is 1470. The highest BCUT2D eigenvalue weighted by Crippen LogP contribution is 2.53. The zero-order valence-corrected chi connectivity index (χ0v) is 26.7. The molecule has 1 aromatic rings. The maximum absolute atomic E-state index is 14.2. The molecule has 0 saturated heterocycles. The number of nitrogens with zero attached hydrogens (tertiary/aromatic N) is 3. The number of amides is 1. The second-order valence-corrected chi connectivity index (χ2v) is 14.0. The first-order valence-corrected chi connectivity index (χ1v) is 15.5. The number of aliphatic hydroxyl groups is 3. The number of rotatable bonds is 9. The van der Waals surface area contributed by atoms with Crippen LogP contribution in [0.25, 0.3) is 0 Å². The summed E-state index contributed by atoms with van der Waals surface area (Å²) in [6.07, 6.45) is 2.73. The van der Waals surface area contributed by atoms with E-state index in [1.807, 2.05) is 19.0 Å². The van der Waals surface area contributed by atoms with Crippen LogP contribution in [-0.4, -0.2) is 100 Å². The molecule has 240 valence electrons. The molecule has 5 atom stereocenters. The van der Waals surface area contributed by atoms with E-state index < -0.39 is 58.0 Å². The third kappa shape index (κ3) is 4.89. The summed E-state index contributed by atoms with van der Waals surface area (Å²) < 4.78 is 0. The molecule has 0 bridgehead atoms. The molecule has 0 spiro atoms. The predicted octanol–water partition coefficient (Wildman–Crippen LogP) is 2.44. The number of allylic oxidation sites excluding steroid dienone is 1. The molecule has 1 saturated carbocycles. The summed E-state index contributed by atoms with van der Waals surface area (Å²) in [7, 11) is 7.03. The number of hydrogen-bond acceptors (Lipinski definition) is 10. The monoisotopic (exact) mass is 610 g/mol. The number of carbonyl (C=O) groups is 3. The van der Waals surface area contributed by atoms with Gasteiger partial charge in [0.2, 0.25) is 5.78 Å². The number of Topliss-reactive ketones (excluding diaryl/α,β-unsaturated/α-hetero) is 2. The Balaban J connectivity index is 1.65. The first-order chi connectivity index (χ1) is 20.5. The lowest BCUT2D eigenvalue weighted by atomic mass is 9.58. The highest BCUT2D eigenvalue weighted by molar-refractivity contribution is 6.24. The molecule has 11 nitrogen and oxygen atoms in total. The number of benzene rings is 1. The molecule has 5 rings (SSSR count). The highest BCUT2D eigenvalue weighted by Gasteiger charge is 2.63. The summed E-state index contributed by atoms with van der Waals surface area (Å²) in [5, 5.41) is 45.8. The van der Waals surface area contributed by atoms with E-state index in [-0.39, 0.29) is 29.7 Å². The maximum Gasteiger partial charge on any atom is 0.255 e. The van der Waals surface area contributed by atoms with Gasteiger partial charge in [-0.25, -0.2) is 0 Å². The van der Waals surface area contributed by atoms with E-state index in [4.69, 9.17) is 5.73 Å². The van der Waals surface area contributed by atoms with Crippen molar-refractivity contribution < 1.29 is 34.8 Å². The summed E-state index contributed by atoms with van der Waals surface area (Å²) in [4.78, 5) is 45.9. The lowest BCUT2D eigenvalue weighted by molar-refractivity contribution is -0.148. The van der Waals surface area contributed by atoms with Crippen LogP contribution in [0.2, 0.25) is 0 Å². The van der Waals surface area contributed by atoms with Crippen LogP contribution in [0.15, 0.2) is 28.7 Å². The lowest BCUT2D eigenvalue weighted by Crippen LogP contribution is -2.63. The number of carbonyl (C=O) groups excluding carboxylic acids is 3. The third-order valence-corrected chi connectivity index (χ3v) is 10.3. The maximum atomic E-state index is 14.2. The van der Waals surface area contributed by atoms with E-state index in [0.29, 0.717) is 30.0 Å². The van der Waals surface area contributed by atoms with Crippen molar-refractivity contribution >= 4 is 23.2 Å². The number of nitrogens with two attached hydrogens (primary N) is 1. The highest BCUT2D eigenvalue weighted by atomic mass is 16.3. The molecule has 1 amide bonds. The number of likely N-dealkylation sites (N-methyl/N-ethyl adjacent to an activating group) is 1. The molecular weight excluding hydrogens is 564 g/mol. The number of anilines is 1. The lowest BCUT2D eigenvalue weighted by Gasteiger charge is -2.50. The Morgan fingerprint density at radius 2 is 1.73 bits per heavy atom. The Labute approximate surface area is 258 Å². The molecule has 6 N–H and O–H groups in total. The van der Waals surface area contributed by atoms with Crippen molar-refractivity contribution in [2.75, 3.05) is 39.6 Å². The normalized spacial score (nSPS) is 27.6. The summed E-state index contributed by atoms with van der Waals surface area (Å²) >= 11 is 0. The number of phenolic OH excluding ortho intramolecular Hbond substituents is 1. The van der Waals surface area contributed by atoms with Crippen molar-refractivity contribution in [2.45, 2.75) is 70.7 Å². The average molecular weight is 611 g/mol. The van der Waals surface area contributed by atoms with Gasteiger partial charge in [0, 0.05) is 50.4 Å². The fraction of sp³-hybridized carbons (Fsp3) is 0.606. The van der Waals surface area contributed by atoms with E-state index in [1.54, 1.807) is 25.1 Å². The Hall–Kier alpha value is -3.41. The smallest absolute Gasteiger partial charge is 0.255 e. The first kappa shape index (κ1) is 32.0. The minimum Gasteiger partial charge on any atom is -0.510 e. The molecule has 4 aliphatic carbocycles. The van der Waals surface area contributed by atoms with Crippen LogP contribution in [0.3, 0.4) is 0 Å². The van der Waals surface area contributed by atoms with E-state index >= 15 is 0 Å². The number of aliphatic hydroxyl groups excluding tert-OH is 2. The predicted molar refractivity (Wildman–Crippen MR) is 165 cm³/mol. The fourth-order valence-electron chi connectivity index (χ4n) is 7.70. The second-order valence-electron chi connectivity index (χ2n) is 14.0. The van der Waals surface area contributed by atoms with Crippen molar-refractivity contribution in [1.82, 2.24) is 9.80 Å². The standard InChI is InChI=1S/C33H46N4O7/c1-15(2)16(3)37(13-17-8-9-17)14-19-12-22(38)24-20(26(19)35(4)5)10-18-11-21-27(36(6)7)29(40)25(32(34)43)31(42)33(21,44)30(41)23(18)28(24)39/h12,15-18,21,27,38,40-41,44H,8-11,13-14H2,1-7H3,(H2,34,43)/t16-,18-,21-,27-,33-/m0/s1. The minimum atomic E-state index is -2.65. The number of primary amides is 1. The van der Waals surface area contributed by atoms with Crippen molar-refractivity contribution in [1.29, 1.82) is 0 Å². The summed E-state index contributed by atoms with van der Waals surface area (Å²) in [6.45, 7) is 8.15. The Morgan fingerprint density at radius 1 is 1.09 bits per heavy atom. The molecule has 0 aliphatic heterocycles. The van der Waals surface area contributed by atoms with Crippen LogP contribution in [0.4, 0.5) is 5.69 Å². The zero-order valence-electron chi connectivity index (χ0n) is 26.7. The van der Waals surface area contributed by atoms with Gasteiger partial charge in [0.25, 0.3) is 5.91 Å². The molecule has 44 heavy (non-hydrogen) atoms. The minimum absolute atomic E-state index is 0.0314. The van der Waals surface area contributed by atoms with Gasteiger partial charge in [0.05, 0.1) is 11.6 Å². The fourth-order valence-corrected chi connectivity index (χ4v) is 7.70. The quantitative estimate of drug-likeness (QED) is 0.262. The third-order valence-electron chi connectivity index (χ3n) is 10.3. The van der Waals surface area contributed by atoms with Gasteiger partial charge in [-0.15, -0.1) is 0 Å². The molecule has 0 unspecified atom stereocenters. The SMILES string of the molecule is CC(C)[C@H](C)N(Cc1cc(O)c2c(c1N(C)C)C[C@H]1C[C@H]3[C@H](N(C)C)C(O)=C(C(N)=O)C(=O)[C@@]3(O)C(O)=C1C2=O)CC1CC1. The summed E-state index contributed by atoms with van der Waals surface area (Å²) in [5.74, 6) is -5.41. The first-order valence-electron chi connectivity index (χ1n) is 15.5. The molecule has 4 aliphatic rings. The van der Waals surface area contributed by atoms with Gasteiger partial charge >= 0.3 is 0 Å². The van der Waals surface area contributed by atoms with Gasteiger partial charge in [-0.3, -0.25) is 24.2 Å². The Kier molecular flexibility index (Phi) is 8.14. The molecule has 1 aromatic carbocycles. The molecular formula is C33H46N4O7. The van der Waals surface area contributed by atoms with Crippen LogP contribution in [0.1, 0.15) is 61.5 Å². The molecule has 1 fully saturated rings. The molecule has 0 aromatic heterocycles. The topological polar surface area (TPSA) is 168 Å². The van der Waals surface area contributed by atoms with Gasteiger partial charge in [-0.05, 0) is 81.6 Å². The number of ketones is 2. The van der Waals surface area contributed by atoms with Crippen molar-refractivity contribution in [3.8, 4) is 5.75 Å². The van der Waals surface area contributed by atoms with Crippen LogP contribution in [0.5, 0.6) is 5.75 Å². The van der Waals surface area contributed by atoms with E-state index in [1.165, 1.54) is 12.8 Å².